The normalized spacial score (nSPS) is 30.7. The lowest BCUT2D eigenvalue weighted by Gasteiger charge is -2.50. The van der Waals surface area contributed by atoms with Gasteiger partial charge in [0.2, 0.25) is 0 Å². The van der Waals surface area contributed by atoms with Crippen molar-refractivity contribution in [3.8, 4) is 0 Å². The van der Waals surface area contributed by atoms with Gasteiger partial charge in [0.25, 0.3) is 0 Å². The van der Waals surface area contributed by atoms with Gasteiger partial charge in [0.05, 0.1) is 0 Å². The van der Waals surface area contributed by atoms with Crippen LogP contribution in [0.3, 0.4) is 0 Å². The SMILES string of the molecule is CC(=O)[C@H]1C[C@@H](CC(=O)O)C1(C)C. The second-order valence-corrected chi connectivity index (χ2v) is 4.52. The Bertz CT molecular complexity index is 243. The van der Waals surface area contributed by atoms with Gasteiger partial charge in [-0.1, -0.05) is 13.8 Å². The predicted octanol–water partition coefficient (Wildman–Crippen LogP) is 1.71. The molecule has 0 aromatic heterocycles. The largest absolute Gasteiger partial charge is 0.481 e. The van der Waals surface area contributed by atoms with Crippen molar-refractivity contribution in [2.45, 2.75) is 33.6 Å². The second-order valence-electron chi connectivity index (χ2n) is 4.52. The van der Waals surface area contributed by atoms with E-state index < -0.39 is 5.97 Å². The molecule has 0 aromatic carbocycles. The molecule has 13 heavy (non-hydrogen) atoms. The Kier molecular flexibility index (Phi) is 2.46. The van der Waals surface area contributed by atoms with Gasteiger partial charge >= 0.3 is 5.97 Å². The molecule has 1 aliphatic carbocycles. The number of carboxylic acid groups (broad SMARTS) is 1. The fourth-order valence-electron chi connectivity index (χ4n) is 2.26. The summed E-state index contributed by atoms with van der Waals surface area (Å²) >= 11 is 0. The summed E-state index contributed by atoms with van der Waals surface area (Å²) < 4.78 is 0. The Labute approximate surface area is 78.1 Å². The summed E-state index contributed by atoms with van der Waals surface area (Å²) in [6.07, 6.45) is 0.936. The smallest absolute Gasteiger partial charge is 0.303 e. The lowest BCUT2D eigenvalue weighted by atomic mass is 9.53. The third kappa shape index (κ3) is 1.74. The first kappa shape index (κ1) is 10.2. The number of carboxylic acids is 1. The molecule has 1 N–H and O–H groups in total. The number of carbonyl (C=O) groups excluding carboxylic acids is 1. The van der Waals surface area contributed by atoms with Crippen LogP contribution in [0.2, 0.25) is 0 Å². The van der Waals surface area contributed by atoms with E-state index in [-0.39, 0.29) is 29.5 Å². The minimum absolute atomic E-state index is 0.0665. The van der Waals surface area contributed by atoms with Crippen molar-refractivity contribution in [2.24, 2.45) is 17.3 Å². The van der Waals surface area contributed by atoms with E-state index >= 15 is 0 Å². The number of carbonyl (C=O) groups is 2. The third-order valence-electron chi connectivity index (χ3n) is 3.38. The lowest BCUT2D eigenvalue weighted by Crippen LogP contribution is -2.48. The highest BCUT2D eigenvalue weighted by atomic mass is 16.4. The molecule has 1 fully saturated rings. The van der Waals surface area contributed by atoms with Crippen molar-refractivity contribution in [2.75, 3.05) is 0 Å². The summed E-state index contributed by atoms with van der Waals surface area (Å²) in [7, 11) is 0. The van der Waals surface area contributed by atoms with E-state index in [0.29, 0.717) is 0 Å². The standard InChI is InChI=1S/C10H16O3/c1-6(11)8-4-7(5-9(12)13)10(8,2)3/h7-8H,4-5H2,1-3H3,(H,12,13)/t7-,8+/m0/s1. The summed E-state index contributed by atoms with van der Waals surface area (Å²) in [5.74, 6) is -0.345. The molecule has 1 rings (SSSR count). The summed E-state index contributed by atoms with van der Waals surface area (Å²) in [6, 6.07) is 0. The van der Waals surface area contributed by atoms with Crippen LogP contribution >= 0.6 is 0 Å². The average Bonchev–Trinajstić information content (AvgIpc) is 1.96. The second kappa shape index (κ2) is 3.13. The molecule has 3 nitrogen and oxygen atoms in total. The first-order chi connectivity index (χ1) is 5.85. The highest BCUT2D eigenvalue weighted by molar-refractivity contribution is 5.80. The molecule has 2 atom stereocenters. The number of ketones is 1. The first-order valence-electron chi connectivity index (χ1n) is 4.58. The fraction of sp³-hybridized carbons (Fsp3) is 0.800. The minimum Gasteiger partial charge on any atom is -0.481 e. The Balaban J connectivity index is 2.59. The quantitative estimate of drug-likeness (QED) is 0.726. The number of aliphatic carboxylic acids is 1. The molecule has 0 amide bonds. The van der Waals surface area contributed by atoms with Crippen LogP contribution in [0.15, 0.2) is 0 Å². The maximum absolute atomic E-state index is 11.1. The van der Waals surface area contributed by atoms with Crippen LogP contribution in [-0.4, -0.2) is 16.9 Å². The predicted molar refractivity (Wildman–Crippen MR) is 48.3 cm³/mol. The van der Waals surface area contributed by atoms with Crippen LogP contribution in [-0.2, 0) is 9.59 Å². The average molecular weight is 184 g/mol. The van der Waals surface area contributed by atoms with E-state index in [0.717, 1.165) is 6.42 Å². The van der Waals surface area contributed by atoms with E-state index in [4.69, 9.17) is 5.11 Å². The van der Waals surface area contributed by atoms with Crippen LogP contribution in [0.25, 0.3) is 0 Å². The Hall–Kier alpha value is -0.860. The van der Waals surface area contributed by atoms with Crippen LogP contribution in [0, 0.1) is 17.3 Å². The molecule has 0 heterocycles. The summed E-state index contributed by atoms with van der Waals surface area (Å²) in [4.78, 5) is 21.6. The summed E-state index contributed by atoms with van der Waals surface area (Å²) in [6.45, 7) is 5.55. The molecule has 1 saturated carbocycles. The lowest BCUT2D eigenvalue weighted by molar-refractivity contribution is -0.149. The zero-order valence-electron chi connectivity index (χ0n) is 8.33. The molecule has 1 aliphatic rings. The van der Waals surface area contributed by atoms with Crippen LogP contribution < -0.4 is 0 Å². The Morgan fingerprint density at radius 3 is 2.31 bits per heavy atom. The summed E-state index contributed by atoms with van der Waals surface area (Å²) in [5.41, 5.74) is -0.121. The van der Waals surface area contributed by atoms with Gasteiger partial charge in [0, 0.05) is 12.3 Å². The highest BCUT2D eigenvalue weighted by Gasteiger charge is 2.50. The number of hydrogen-bond donors (Lipinski definition) is 1. The monoisotopic (exact) mass is 184 g/mol. The Morgan fingerprint density at radius 2 is 2.00 bits per heavy atom. The van der Waals surface area contributed by atoms with Crippen molar-refractivity contribution >= 4 is 11.8 Å². The number of hydrogen-bond acceptors (Lipinski definition) is 2. The maximum atomic E-state index is 11.1. The van der Waals surface area contributed by atoms with Gasteiger partial charge in [-0.3, -0.25) is 9.59 Å². The molecule has 0 aliphatic heterocycles. The number of Topliss-reactive ketones (excluding diaryl/α,β-unsaturated/α-hetero) is 1. The Morgan fingerprint density at radius 1 is 1.46 bits per heavy atom. The first-order valence-corrected chi connectivity index (χ1v) is 4.58. The topological polar surface area (TPSA) is 54.4 Å². The summed E-state index contributed by atoms with van der Waals surface area (Å²) in [5, 5.41) is 8.62. The number of rotatable bonds is 3. The van der Waals surface area contributed by atoms with Crippen molar-refractivity contribution in [3.63, 3.8) is 0 Å². The minimum atomic E-state index is -0.764. The zero-order chi connectivity index (χ0) is 10.2. The zero-order valence-corrected chi connectivity index (χ0v) is 8.33. The van der Waals surface area contributed by atoms with Gasteiger partial charge in [-0.15, -0.1) is 0 Å². The van der Waals surface area contributed by atoms with Gasteiger partial charge in [-0.05, 0) is 24.7 Å². The fourth-order valence-corrected chi connectivity index (χ4v) is 2.26. The van der Waals surface area contributed by atoms with Crippen molar-refractivity contribution in [3.05, 3.63) is 0 Å². The van der Waals surface area contributed by atoms with E-state index in [1.165, 1.54) is 0 Å². The molecular weight excluding hydrogens is 168 g/mol. The molecule has 0 aromatic rings. The van der Waals surface area contributed by atoms with E-state index in [2.05, 4.69) is 0 Å². The van der Waals surface area contributed by atoms with Crippen molar-refractivity contribution in [1.29, 1.82) is 0 Å². The van der Waals surface area contributed by atoms with Crippen LogP contribution in [0.4, 0.5) is 0 Å². The van der Waals surface area contributed by atoms with Gasteiger partial charge in [0.1, 0.15) is 5.78 Å². The van der Waals surface area contributed by atoms with E-state index in [1.807, 2.05) is 13.8 Å². The maximum Gasteiger partial charge on any atom is 0.303 e. The molecule has 0 saturated heterocycles. The molecule has 0 bridgehead atoms. The van der Waals surface area contributed by atoms with Gasteiger partial charge in [0.15, 0.2) is 0 Å². The molecule has 0 spiro atoms. The third-order valence-corrected chi connectivity index (χ3v) is 3.38. The molecule has 74 valence electrons. The van der Waals surface area contributed by atoms with E-state index in [1.54, 1.807) is 6.92 Å². The van der Waals surface area contributed by atoms with E-state index in [9.17, 15) is 9.59 Å². The van der Waals surface area contributed by atoms with Gasteiger partial charge < -0.3 is 5.11 Å². The molecule has 3 heteroatoms. The van der Waals surface area contributed by atoms with Crippen LogP contribution in [0.5, 0.6) is 0 Å². The molecule has 0 unspecified atom stereocenters. The highest BCUT2D eigenvalue weighted by Crippen LogP contribution is 2.53. The van der Waals surface area contributed by atoms with Gasteiger partial charge in [-0.25, -0.2) is 0 Å². The molecular formula is C10H16O3. The molecule has 0 radical (unpaired) electrons. The van der Waals surface area contributed by atoms with Crippen molar-refractivity contribution < 1.29 is 14.7 Å². The van der Waals surface area contributed by atoms with Crippen molar-refractivity contribution in [1.82, 2.24) is 0 Å². The van der Waals surface area contributed by atoms with Gasteiger partial charge in [-0.2, -0.15) is 0 Å². The van der Waals surface area contributed by atoms with Crippen LogP contribution in [0.1, 0.15) is 33.6 Å².